The van der Waals surface area contributed by atoms with Crippen LogP contribution >= 0.6 is 23.1 Å². The van der Waals surface area contributed by atoms with Crippen molar-refractivity contribution in [1.82, 2.24) is 10.2 Å². The summed E-state index contributed by atoms with van der Waals surface area (Å²) in [5, 5.41) is 22.5. The van der Waals surface area contributed by atoms with E-state index >= 15 is 0 Å². The summed E-state index contributed by atoms with van der Waals surface area (Å²) in [6.07, 6.45) is 0.816. The number of hydrogen-bond acceptors (Lipinski definition) is 7. The lowest BCUT2D eigenvalue weighted by molar-refractivity contribution is -0.132. The van der Waals surface area contributed by atoms with Crippen molar-refractivity contribution in [2.45, 2.75) is 36.4 Å². The third-order valence-electron chi connectivity index (χ3n) is 7.43. The molecule has 0 aliphatic carbocycles. The van der Waals surface area contributed by atoms with Gasteiger partial charge in [-0.25, -0.2) is 4.39 Å². The van der Waals surface area contributed by atoms with Gasteiger partial charge in [0.15, 0.2) is 4.34 Å². The van der Waals surface area contributed by atoms with Crippen LogP contribution in [-0.4, -0.2) is 27.0 Å². The van der Waals surface area contributed by atoms with E-state index in [-0.39, 0.29) is 16.3 Å². The predicted octanol–water partition coefficient (Wildman–Crippen LogP) is 7.62. The number of amides is 1. The SMILES string of the molecule is CCc1ccc(C2/C(=C(\O)c3ccc(C)c(F)c3)C(=O)C(=O)N2c2nnc(SCc3cccc4ccccc34)s2)cc1. The molecule has 4 aromatic carbocycles. The molecule has 9 heteroatoms. The van der Waals surface area contributed by atoms with Gasteiger partial charge in [0.2, 0.25) is 5.13 Å². The normalized spacial score (nSPS) is 16.5. The quantitative estimate of drug-likeness (QED) is 0.0685. The van der Waals surface area contributed by atoms with Crippen molar-refractivity contribution in [3.05, 3.63) is 124 Å². The van der Waals surface area contributed by atoms with E-state index in [1.807, 2.05) is 49.4 Å². The number of benzene rings is 4. The van der Waals surface area contributed by atoms with Crippen molar-refractivity contribution in [3.63, 3.8) is 0 Å². The average Bonchev–Trinajstić information content (AvgIpc) is 3.58. The van der Waals surface area contributed by atoms with Crippen LogP contribution in [-0.2, 0) is 21.8 Å². The zero-order valence-electron chi connectivity index (χ0n) is 22.9. The first kappa shape index (κ1) is 27.8. The Balaban J connectivity index is 1.38. The molecule has 1 aliphatic rings. The zero-order valence-corrected chi connectivity index (χ0v) is 24.5. The Kier molecular flexibility index (Phi) is 7.62. The van der Waals surface area contributed by atoms with Crippen molar-refractivity contribution in [3.8, 4) is 0 Å². The number of carbonyl (C=O) groups excluding carboxylic acids is 2. The molecule has 1 N–H and O–H groups in total. The number of rotatable bonds is 7. The maximum Gasteiger partial charge on any atom is 0.301 e. The number of halogens is 1. The molecule has 6 nitrogen and oxygen atoms in total. The van der Waals surface area contributed by atoms with Crippen LogP contribution in [0.3, 0.4) is 0 Å². The molecule has 1 aliphatic heterocycles. The zero-order chi connectivity index (χ0) is 29.4. The fourth-order valence-electron chi connectivity index (χ4n) is 5.09. The van der Waals surface area contributed by atoms with E-state index in [1.165, 1.54) is 46.2 Å². The van der Waals surface area contributed by atoms with E-state index in [2.05, 4.69) is 34.5 Å². The largest absolute Gasteiger partial charge is 0.507 e. The summed E-state index contributed by atoms with van der Waals surface area (Å²) in [5.74, 6) is -1.99. The van der Waals surface area contributed by atoms with Gasteiger partial charge in [-0.15, -0.1) is 10.2 Å². The predicted molar refractivity (Wildman–Crippen MR) is 165 cm³/mol. The van der Waals surface area contributed by atoms with Gasteiger partial charge in [-0.2, -0.15) is 0 Å². The second-order valence-electron chi connectivity index (χ2n) is 10.0. The standard InChI is InChI=1S/C33H26FN3O3S2/c1-3-20-12-15-22(16-13-20)28-27(29(38)23-14-11-19(2)26(34)17-23)30(39)31(40)37(28)32-35-36-33(42-32)41-18-24-9-6-8-21-7-4-5-10-25(21)24/h4-17,28,38H,3,18H2,1-2H3/b29-27+. The Labute approximate surface area is 250 Å². The van der Waals surface area contributed by atoms with Crippen molar-refractivity contribution < 1.29 is 19.1 Å². The molecule has 5 aromatic rings. The molecule has 42 heavy (non-hydrogen) atoms. The van der Waals surface area contributed by atoms with Gasteiger partial charge in [-0.3, -0.25) is 14.5 Å². The molecule has 210 valence electrons. The highest BCUT2D eigenvalue weighted by atomic mass is 32.2. The average molecular weight is 596 g/mol. The minimum atomic E-state index is -0.955. The number of aryl methyl sites for hydroxylation is 2. The Bertz CT molecular complexity index is 1860. The highest BCUT2D eigenvalue weighted by Crippen LogP contribution is 2.44. The summed E-state index contributed by atoms with van der Waals surface area (Å²) in [7, 11) is 0. The van der Waals surface area contributed by atoms with Crippen LogP contribution in [0, 0.1) is 12.7 Å². The summed E-state index contributed by atoms with van der Waals surface area (Å²) in [6, 6.07) is 25.1. The minimum Gasteiger partial charge on any atom is -0.507 e. The van der Waals surface area contributed by atoms with Crippen LogP contribution < -0.4 is 4.90 Å². The number of aliphatic hydroxyl groups is 1. The molecule has 0 spiro atoms. The molecule has 6 rings (SSSR count). The fourth-order valence-corrected chi connectivity index (χ4v) is 6.96. The van der Waals surface area contributed by atoms with Gasteiger partial charge in [0, 0.05) is 11.3 Å². The van der Waals surface area contributed by atoms with Crippen LogP contribution in [0.4, 0.5) is 9.52 Å². The number of hydrogen-bond donors (Lipinski definition) is 1. The van der Waals surface area contributed by atoms with Crippen LogP contribution in [0.1, 0.15) is 40.8 Å². The first-order valence-electron chi connectivity index (χ1n) is 13.4. The molecule has 0 radical (unpaired) electrons. The molecule has 0 bridgehead atoms. The monoisotopic (exact) mass is 595 g/mol. The lowest BCUT2D eigenvalue weighted by atomic mass is 9.94. The number of aromatic nitrogens is 2. The number of ketones is 1. The van der Waals surface area contributed by atoms with E-state index in [1.54, 1.807) is 6.92 Å². The lowest BCUT2D eigenvalue weighted by Crippen LogP contribution is -2.29. The van der Waals surface area contributed by atoms with E-state index in [4.69, 9.17) is 0 Å². The van der Waals surface area contributed by atoms with Gasteiger partial charge < -0.3 is 5.11 Å². The number of anilines is 1. The molecule has 1 fully saturated rings. The summed E-state index contributed by atoms with van der Waals surface area (Å²) in [6.45, 7) is 3.64. The van der Waals surface area contributed by atoms with Gasteiger partial charge in [-0.1, -0.05) is 109 Å². The number of nitrogens with zero attached hydrogens (tertiary/aromatic N) is 3. The van der Waals surface area contributed by atoms with E-state index in [0.717, 1.165) is 28.3 Å². The topological polar surface area (TPSA) is 83.4 Å². The lowest BCUT2D eigenvalue weighted by Gasteiger charge is -2.22. The van der Waals surface area contributed by atoms with Gasteiger partial charge in [-0.05, 0) is 52.4 Å². The Morgan fingerprint density at radius 2 is 1.76 bits per heavy atom. The first-order chi connectivity index (χ1) is 20.4. The number of fused-ring (bicyclic) bond motifs is 1. The molecule has 1 aromatic heterocycles. The highest BCUT2D eigenvalue weighted by Gasteiger charge is 2.48. The van der Waals surface area contributed by atoms with Gasteiger partial charge in [0.1, 0.15) is 11.6 Å². The van der Waals surface area contributed by atoms with Crippen molar-refractivity contribution >= 4 is 56.5 Å². The first-order valence-corrected chi connectivity index (χ1v) is 15.2. The van der Waals surface area contributed by atoms with E-state index in [9.17, 15) is 19.1 Å². The van der Waals surface area contributed by atoms with Crippen LogP contribution in [0.25, 0.3) is 16.5 Å². The number of carbonyl (C=O) groups is 2. The van der Waals surface area contributed by atoms with Crippen molar-refractivity contribution in [2.24, 2.45) is 0 Å². The summed E-state index contributed by atoms with van der Waals surface area (Å²) < 4.78 is 15.1. The molecule has 2 heterocycles. The third-order valence-corrected chi connectivity index (χ3v) is 9.53. The molecular weight excluding hydrogens is 570 g/mol. The summed E-state index contributed by atoms with van der Waals surface area (Å²) >= 11 is 2.71. The second-order valence-corrected chi connectivity index (χ2v) is 12.2. The molecule has 0 saturated carbocycles. The van der Waals surface area contributed by atoms with E-state index < -0.39 is 29.3 Å². The maximum absolute atomic E-state index is 14.4. The molecule has 1 saturated heterocycles. The summed E-state index contributed by atoms with van der Waals surface area (Å²) in [4.78, 5) is 28.2. The Hall–Kier alpha value is -4.34. The molecule has 1 unspecified atom stereocenters. The van der Waals surface area contributed by atoms with Crippen molar-refractivity contribution in [1.29, 1.82) is 0 Å². The third kappa shape index (κ3) is 5.10. The summed E-state index contributed by atoms with van der Waals surface area (Å²) in [5.41, 5.74) is 3.26. The van der Waals surface area contributed by atoms with Gasteiger partial charge in [0.25, 0.3) is 5.78 Å². The smallest absolute Gasteiger partial charge is 0.301 e. The Morgan fingerprint density at radius 3 is 2.52 bits per heavy atom. The number of aliphatic hydroxyl groups excluding tert-OH is 1. The highest BCUT2D eigenvalue weighted by molar-refractivity contribution is 8.00. The van der Waals surface area contributed by atoms with Gasteiger partial charge in [0.05, 0.1) is 11.6 Å². The maximum atomic E-state index is 14.4. The minimum absolute atomic E-state index is 0.118. The second kappa shape index (κ2) is 11.5. The van der Waals surface area contributed by atoms with Crippen molar-refractivity contribution in [2.75, 3.05) is 4.90 Å². The molecule has 1 amide bonds. The van der Waals surface area contributed by atoms with E-state index in [0.29, 0.717) is 21.2 Å². The van der Waals surface area contributed by atoms with Gasteiger partial charge >= 0.3 is 5.91 Å². The number of Topliss-reactive ketones (excluding diaryl/α,β-unsaturated/α-hetero) is 1. The van der Waals surface area contributed by atoms with Crippen LogP contribution in [0.15, 0.2) is 94.8 Å². The van der Waals surface area contributed by atoms with Crippen LogP contribution in [0.5, 0.6) is 0 Å². The number of thioether (sulfide) groups is 1. The molecule has 1 atom stereocenters. The molecular formula is C33H26FN3O3S2. The van der Waals surface area contributed by atoms with Crippen LogP contribution in [0.2, 0.25) is 0 Å². The Morgan fingerprint density at radius 1 is 1.00 bits per heavy atom. The fraction of sp³-hybridized carbons (Fsp3) is 0.152.